The number of carbonyl (C=O) groups excluding carboxylic acids is 1. The first-order valence-corrected chi connectivity index (χ1v) is 9.34. The molecule has 0 aliphatic carbocycles. The normalized spacial score (nSPS) is 10.4. The van der Waals surface area contributed by atoms with Crippen LogP contribution < -0.4 is 10.6 Å². The van der Waals surface area contributed by atoms with E-state index in [1.165, 1.54) is 7.11 Å². The van der Waals surface area contributed by atoms with Crippen molar-refractivity contribution in [3.05, 3.63) is 66.2 Å². The van der Waals surface area contributed by atoms with Gasteiger partial charge in [-0.2, -0.15) is 4.98 Å². The maximum absolute atomic E-state index is 12.0. The Morgan fingerprint density at radius 2 is 1.79 bits per heavy atom. The van der Waals surface area contributed by atoms with Crippen LogP contribution in [0.3, 0.4) is 0 Å². The molecule has 144 valence electrons. The van der Waals surface area contributed by atoms with Gasteiger partial charge < -0.3 is 15.4 Å². The fourth-order valence-electron chi connectivity index (χ4n) is 2.74. The molecule has 3 aromatic rings. The van der Waals surface area contributed by atoms with Gasteiger partial charge in [-0.25, -0.2) is 9.78 Å². The van der Waals surface area contributed by atoms with E-state index in [1.54, 1.807) is 12.1 Å². The molecule has 0 bridgehead atoms. The van der Waals surface area contributed by atoms with Gasteiger partial charge >= 0.3 is 5.97 Å². The molecule has 0 atom stereocenters. The van der Waals surface area contributed by atoms with Gasteiger partial charge in [0.25, 0.3) is 0 Å². The van der Waals surface area contributed by atoms with Gasteiger partial charge in [0.1, 0.15) is 5.82 Å². The Labute approximate surface area is 165 Å². The summed E-state index contributed by atoms with van der Waals surface area (Å²) >= 11 is 0. The lowest BCUT2D eigenvalue weighted by atomic mass is 10.1. The number of nitrogens with one attached hydrogen (secondary N) is 2. The maximum Gasteiger partial charge on any atom is 0.339 e. The highest BCUT2D eigenvalue weighted by molar-refractivity contribution is 5.96. The summed E-state index contributed by atoms with van der Waals surface area (Å²) in [6.45, 7) is 2.94. The van der Waals surface area contributed by atoms with Gasteiger partial charge in [-0.05, 0) is 18.6 Å². The van der Waals surface area contributed by atoms with Gasteiger partial charge in [0.05, 0.1) is 24.1 Å². The van der Waals surface area contributed by atoms with Crippen LogP contribution in [0, 0.1) is 0 Å². The average molecular weight is 376 g/mol. The molecule has 3 rings (SSSR count). The number of anilines is 3. The van der Waals surface area contributed by atoms with Gasteiger partial charge in [-0.15, -0.1) is 0 Å². The first kappa shape index (κ1) is 19.4. The van der Waals surface area contributed by atoms with Gasteiger partial charge in [0.15, 0.2) is 0 Å². The minimum absolute atomic E-state index is 0.401. The highest BCUT2D eigenvalue weighted by Gasteiger charge is 2.13. The summed E-state index contributed by atoms with van der Waals surface area (Å²) in [5.74, 6) is 0.749. The molecule has 1 aromatic heterocycles. The number of unbranched alkanes of at least 4 members (excludes halogenated alkanes) is 1. The van der Waals surface area contributed by atoms with Crippen molar-refractivity contribution in [2.45, 2.75) is 19.8 Å². The van der Waals surface area contributed by atoms with Gasteiger partial charge in [0, 0.05) is 18.2 Å². The molecule has 0 aliphatic heterocycles. The number of hydrogen-bond acceptors (Lipinski definition) is 6. The average Bonchev–Trinajstić information content (AvgIpc) is 2.74. The van der Waals surface area contributed by atoms with Crippen molar-refractivity contribution in [3.63, 3.8) is 0 Å². The third-order valence-corrected chi connectivity index (χ3v) is 4.20. The van der Waals surface area contributed by atoms with Crippen LogP contribution in [0.1, 0.15) is 30.1 Å². The van der Waals surface area contributed by atoms with Crippen LogP contribution in [0.25, 0.3) is 11.3 Å². The van der Waals surface area contributed by atoms with Crippen LogP contribution in [-0.4, -0.2) is 29.6 Å². The standard InChI is InChI=1S/C22H24N4O2/c1-3-4-14-23-22-25-19(16-10-6-5-7-11-16)15-20(26-22)24-18-13-9-8-12-17(18)21(27)28-2/h5-13,15H,3-4,14H2,1-2H3,(H2,23,24,25,26). The van der Waals surface area contributed by atoms with Gasteiger partial charge in [-0.1, -0.05) is 55.8 Å². The van der Waals surface area contributed by atoms with Crippen LogP contribution in [0.15, 0.2) is 60.7 Å². The van der Waals surface area contributed by atoms with Crippen molar-refractivity contribution in [2.75, 3.05) is 24.3 Å². The molecule has 0 amide bonds. The number of hydrogen-bond donors (Lipinski definition) is 2. The molecule has 0 saturated carbocycles. The first-order valence-electron chi connectivity index (χ1n) is 9.34. The second-order valence-electron chi connectivity index (χ2n) is 6.27. The van der Waals surface area contributed by atoms with E-state index < -0.39 is 5.97 Å². The Kier molecular flexibility index (Phi) is 6.57. The number of nitrogens with zero attached hydrogens (tertiary/aromatic N) is 2. The summed E-state index contributed by atoms with van der Waals surface area (Å²) in [6, 6.07) is 19.0. The Morgan fingerprint density at radius 1 is 1.04 bits per heavy atom. The third-order valence-electron chi connectivity index (χ3n) is 4.20. The molecule has 0 fully saturated rings. The molecular formula is C22H24N4O2. The Bertz CT molecular complexity index is 929. The van der Waals surface area contributed by atoms with E-state index in [0.717, 1.165) is 30.6 Å². The Morgan fingerprint density at radius 3 is 2.54 bits per heavy atom. The van der Waals surface area contributed by atoms with Crippen LogP contribution in [0.2, 0.25) is 0 Å². The van der Waals surface area contributed by atoms with Gasteiger partial charge in [0.2, 0.25) is 5.95 Å². The van der Waals surface area contributed by atoms with Crippen molar-refractivity contribution < 1.29 is 9.53 Å². The number of para-hydroxylation sites is 1. The van der Waals surface area contributed by atoms with Crippen LogP contribution >= 0.6 is 0 Å². The summed E-state index contributed by atoms with van der Waals surface area (Å²) in [4.78, 5) is 21.3. The zero-order chi connectivity index (χ0) is 19.8. The molecule has 2 N–H and O–H groups in total. The monoisotopic (exact) mass is 376 g/mol. The maximum atomic E-state index is 12.0. The molecule has 6 heteroatoms. The lowest BCUT2D eigenvalue weighted by Crippen LogP contribution is -2.09. The van der Waals surface area contributed by atoms with E-state index in [4.69, 9.17) is 4.74 Å². The number of methoxy groups -OCH3 is 1. The SMILES string of the molecule is CCCCNc1nc(Nc2ccccc2C(=O)OC)cc(-c2ccccc2)n1. The molecular weight excluding hydrogens is 352 g/mol. The van der Waals surface area contributed by atoms with Crippen molar-refractivity contribution >= 4 is 23.4 Å². The van der Waals surface area contributed by atoms with Crippen molar-refractivity contribution in [1.82, 2.24) is 9.97 Å². The summed E-state index contributed by atoms with van der Waals surface area (Å²) in [6.07, 6.45) is 2.12. The number of carbonyl (C=O) groups is 1. The lowest BCUT2D eigenvalue weighted by molar-refractivity contribution is 0.0602. The number of rotatable bonds is 8. The molecule has 0 radical (unpaired) electrons. The van der Waals surface area contributed by atoms with Crippen molar-refractivity contribution in [3.8, 4) is 11.3 Å². The van der Waals surface area contributed by atoms with Crippen LogP contribution in [-0.2, 0) is 4.74 Å². The molecule has 0 aliphatic rings. The summed E-state index contributed by atoms with van der Waals surface area (Å²) in [5, 5.41) is 6.51. The van der Waals surface area contributed by atoms with E-state index in [2.05, 4.69) is 27.5 Å². The topological polar surface area (TPSA) is 76.1 Å². The first-order chi connectivity index (χ1) is 13.7. The lowest BCUT2D eigenvalue weighted by Gasteiger charge is -2.13. The van der Waals surface area contributed by atoms with E-state index in [0.29, 0.717) is 23.0 Å². The van der Waals surface area contributed by atoms with Crippen LogP contribution in [0.4, 0.5) is 17.5 Å². The fraction of sp³-hybridized carbons (Fsp3) is 0.227. The Balaban J connectivity index is 1.96. The summed E-state index contributed by atoms with van der Waals surface area (Å²) in [5.41, 5.74) is 2.87. The second-order valence-corrected chi connectivity index (χ2v) is 6.27. The summed E-state index contributed by atoms with van der Waals surface area (Å²) in [7, 11) is 1.37. The molecule has 0 spiro atoms. The summed E-state index contributed by atoms with van der Waals surface area (Å²) < 4.78 is 4.87. The highest BCUT2D eigenvalue weighted by atomic mass is 16.5. The molecule has 1 heterocycles. The van der Waals surface area contributed by atoms with Crippen LogP contribution in [0.5, 0.6) is 0 Å². The number of esters is 1. The smallest absolute Gasteiger partial charge is 0.339 e. The predicted molar refractivity (Wildman–Crippen MR) is 112 cm³/mol. The quantitative estimate of drug-likeness (QED) is 0.431. The zero-order valence-electron chi connectivity index (χ0n) is 16.1. The van der Waals surface area contributed by atoms with E-state index in [-0.39, 0.29) is 0 Å². The van der Waals surface area contributed by atoms with Crippen molar-refractivity contribution in [2.24, 2.45) is 0 Å². The van der Waals surface area contributed by atoms with E-state index in [9.17, 15) is 4.79 Å². The Hall–Kier alpha value is -3.41. The van der Waals surface area contributed by atoms with Crippen molar-refractivity contribution in [1.29, 1.82) is 0 Å². The minimum Gasteiger partial charge on any atom is -0.465 e. The van der Waals surface area contributed by atoms with E-state index >= 15 is 0 Å². The number of ether oxygens (including phenoxy) is 1. The zero-order valence-corrected chi connectivity index (χ0v) is 16.1. The minimum atomic E-state index is -0.401. The molecule has 0 unspecified atom stereocenters. The predicted octanol–water partition coefficient (Wildman–Crippen LogP) is 4.89. The highest BCUT2D eigenvalue weighted by Crippen LogP contribution is 2.25. The third kappa shape index (κ3) is 4.85. The fourth-order valence-corrected chi connectivity index (χ4v) is 2.74. The largest absolute Gasteiger partial charge is 0.465 e. The molecule has 0 saturated heterocycles. The molecule has 6 nitrogen and oxygen atoms in total. The molecule has 28 heavy (non-hydrogen) atoms. The number of aromatic nitrogens is 2. The second kappa shape index (κ2) is 9.50. The molecule has 2 aromatic carbocycles. The van der Waals surface area contributed by atoms with Gasteiger partial charge in [-0.3, -0.25) is 0 Å². The van der Waals surface area contributed by atoms with E-state index in [1.807, 2.05) is 48.5 Å². The number of benzene rings is 2.